The van der Waals surface area contributed by atoms with Gasteiger partial charge in [-0.05, 0) is 55.2 Å². The van der Waals surface area contributed by atoms with Gasteiger partial charge in [0.25, 0.3) is 0 Å². The van der Waals surface area contributed by atoms with Crippen LogP contribution in [0, 0.1) is 0 Å². The minimum atomic E-state index is 0.768. The molecule has 3 aromatic heterocycles. The smallest absolute Gasteiger partial charge is 0.164 e. The van der Waals surface area contributed by atoms with Crippen molar-refractivity contribution in [3.05, 3.63) is 58.7 Å². The lowest BCUT2D eigenvalue weighted by molar-refractivity contribution is 0.245. The zero-order chi connectivity index (χ0) is 23.8. The van der Waals surface area contributed by atoms with E-state index in [-0.39, 0.29) is 0 Å². The van der Waals surface area contributed by atoms with Crippen LogP contribution in [0.1, 0.15) is 22.4 Å². The molecule has 0 radical (unpaired) electrons. The van der Waals surface area contributed by atoms with Crippen molar-refractivity contribution in [3.63, 3.8) is 0 Å². The fourth-order valence-electron chi connectivity index (χ4n) is 5.19. The summed E-state index contributed by atoms with van der Waals surface area (Å²) in [5, 5.41) is 1.28. The Morgan fingerprint density at radius 3 is 2.66 bits per heavy atom. The van der Waals surface area contributed by atoms with E-state index >= 15 is 0 Å². The van der Waals surface area contributed by atoms with Crippen LogP contribution in [0.2, 0.25) is 0 Å². The van der Waals surface area contributed by atoms with Crippen LogP contribution in [0.4, 0.5) is 5.82 Å². The quantitative estimate of drug-likeness (QED) is 0.394. The molecular formula is C27H29N5O2S. The van der Waals surface area contributed by atoms with Gasteiger partial charge in [0.05, 0.1) is 19.6 Å². The molecule has 1 aromatic carbocycles. The van der Waals surface area contributed by atoms with Crippen LogP contribution < -0.4 is 14.4 Å². The Kier molecular flexibility index (Phi) is 6.00. The van der Waals surface area contributed by atoms with E-state index in [4.69, 9.17) is 19.4 Å². The van der Waals surface area contributed by atoms with Gasteiger partial charge >= 0.3 is 0 Å². The van der Waals surface area contributed by atoms with Gasteiger partial charge in [-0.2, -0.15) is 0 Å². The molecular weight excluding hydrogens is 458 g/mol. The number of aromatic nitrogens is 3. The fourth-order valence-corrected chi connectivity index (χ4v) is 6.45. The Labute approximate surface area is 209 Å². The number of thiophene rings is 1. The fraction of sp³-hybridized carbons (Fsp3) is 0.370. The molecule has 0 spiro atoms. The van der Waals surface area contributed by atoms with Gasteiger partial charge in [0, 0.05) is 61.1 Å². The summed E-state index contributed by atoms with van der Waals surface area (Å²) in [5.74, 6) is 3.62. The number of benzene rings is 1. The van der Waals surface area contributed by atoms with Crippen molar-refractivity contribution in [3.8, 4) is 22.9 Å². The summed E-state index contributed by atoms with van der Waals surface area (Å²) in [4.78, 5) is 21.9. The topological polar surface area (TPSA) is 63.6 Å². The van der Waals surface area contributed by atoms with Gasteiger partial charge in [0.1, 0.15) is 22.1 Å². The molecule has 0 atom stereocenters. The van der Waals surface area contributed by atoms with Gasteiger partial charge in [-0.25, -0.2) is 9.97 Å². The van der Waals surface area contributed by atoms with Gasteiger partial charge in [-0.1, -0.05) is 0 Å². The summed E-state index contributed by atoms with van der Waals surface area (Å²) in [6.45, 7) is 4.61. The van der Waals surface area contributed by atoms with E-state index in [1.165, 1.54) is 22.2 Å². The molecule has 180 valence electrons. The predicted molar refractivity (Wildman–Crippen MR) is 140 cm³/mol. The second-order valence-corrected chi connectivity index (χ2v) is 10.2. The van der Waals surface area contributed by atoms with Crippen molar-refractivity contribution in [2.75, 3.05) is 45.3 Å². The first-order chi connectivity index (χ1) is 17.2. The monoisotopic (exact) mass is 487 g/mol. The lowest BCUT2D eigenvalue weighted by atomic mass is 10.1. The summed E-state index contributed by atoms with van der Waals surface area (Å²) >= 11 is 1.85. The number of aryl methyl sites for hydroxylation is 2. The van der Waals surface area contributed by atoms with Crippen molar-refractivity contribution in [2.24, 2.45) is 0 Å². The van der Waals surface area contributed by atoms with Crippen LogP contribution >= 0.6 is 11.3 Å². The summed E-state index contributed by atoms with van der Waals surface area (Å²) in [7, 11) is 3.43. The maximum Gasteiger partial charge on any atom is 0.164 e. The lowest BCUT2D eigenvalue weighted by Gasteiger charge is -2.36. The Hall–Kier alpha value is -3.23. The third-order valence-corrected chi connectivity index (χ3v) is 8.20. The van der Waals surface area contributed by atoms with Gasteiger partial charge in [0.2, 0.25) is 0 Å². The lowest BCUT2D eigenvalue weighted by Crippen LogP contribution is -2.46. The van der Waals surface area contributed by atoms with Crippen LogP contribution in [0.3, 0.4) is 0 Å². The predicted octanol–water partition coefficient (Wildman–Crippen LogP) is 4.58. The number of ether oxygens (including phenoxy) is 2. The molecule has 0 bridgehead atoms. The van der Waals surface area contributed by atoms with Crippen LogP contribution in [0.15, 0.2) is 42.7 Å². The molecule has 1 fully saturated rings. The van der Waals surface area contributed by atoms with E-state index in [2.05, 4.69) is 20.9 Å². The van der Waals surface area contributed by atoms with Crippen LogP contribution in [0.25, 0.3) is 21.6 Å². The Morgan fingerprint density at radius 1 is 1.00 bits per heavy atom. The van der Waals surface area contributed by atoms with Crippen molar-refractivity contribution in [1.29, 1.82) is 0 Å². The minimum Gasteiger partial charge on any atom is -0.497 e. The Morgan fingerprint density at radius 2 is 1.89 bits per heavy atom. The molecule has 6 rings (SSSR count). The van der Waals surface area contributed by atoms with Crippen molar-refractivity contribution >= 4 is 27.4 Å². The Balaban J connectivity index is 1.28. The molecule has 4 aromatic rings. The highest BCUT2D eigenvalue weighted by Gasteiger charge is 2.27. The molecule has 7 nitrogen and oxygen atoms in total. The molecule has 0 saturated carbocycles. The normalized spacial score (nSPS) is 16.0. The highest BCUT2D eigenvalue weighted by molar-refractivity contribution is 7.19. The van der Waals surface area contributed by atoms with E-state index < -0.39 is 0 Å². The van der Waals surface area contributed by atoms with Crippen LogP contribution in [-0.2, 0) is 19.4 Å². The second kappa shape index (κ2) is 9.43. The van der Waals surface area contributed by atoms with E-state index in [1.807, 2.05) is 41.8 Å². The Bertz CT molecular complexity index is 1350. The van der Waals surface area contributed by atoms with Crippen molar-refractivity contribution in [1.82, 2.24) is 19.9 Å². The summed E-state index contributed by atoms with van der Waals surface area (Å²) in [6.07, 6.45) is 7.17. The first kappa shape index (κ1) is 22.2. The van der Waals surface area contributed by atoms with Crippen molar-refractivity contribution < 1.29 is 9.47 Å². The van der Waals surface area contributed by atoms with Gasteiger partial charge in [-0.15, -0.1) is 11.3 Å². The third kappa shape index (κ3) is 4.21. The average molecular weight is 488 g/mol. The number of anilines is 1. The first-order valence-electron chi connectivity index (χ1n) is 12.1. The highest BCUT2D eigenvalue weighted by atomic mass is 32.1. The molecule has 2 aliphatic rings. The van der Waals surface area contributed by atoms with E-state index in [9.17, 15) is 0 Å². The molecule has 4 heterocycles. The molecule has 8 heteroatoms. The van der Waals surface area contributed by atoms with Crippen molar-refractivity contribution in [2.45, 2.75) is 25.8 Å². The maximum absolute atomic E-state index is 5.60. The number of hydrogen-bond donors (Lipinski definition) is 0. The SMILES string of the molecule is COc1ccc(OC)c(CN2CCN(c3nc(-c4cccnc4)nc4sc5c(c34)CCC5)CC2)c1. The minimum absolute atomic E-state index is 0.768. The standard InChI is InChI=1S/C27H29N5O2S/c1-33-20-8-9-22(34-2)19(15-20)17-31-11-13-32(14-12-31)26-24-21-6-3-7-23(21)35-27(24)30-25(29-26)18-5-4-10-28-16-18/h4-5,8-10,15-16H,3,6-7,11-14,17H2,1-2H3. The zero-order valence-electron chi connectivity index (χ0n) is 20.2. The summed E-state index contributed by atoms with van der Waals surface area (Å²) in [6, 6.07) is 9.99. The number of pyridine rings is 1. The highest BCUT2D eigenvalue weighted by Crippen LogP contribution is 2.41. The van der Waals surface area contributed by atoms with Crippen LogP contribution in [-0.4, -0.2) is 60.3 Å². The number of nitrogens with zero attached hydrogens (tertiary/aromatic N) is 5. The number of methoxy groups -OCH3 is 2. The number of hydrogen-bond acceptors (Lipinski definition) is 8. The molecule has 1 saturated heterocycles. The zero-order valence-corrected chi connectivity index (χ0v) is 21.0. The number of fused-ring (bicyclic) bond motifs is 3. The number of piperazine rings is 1. The third-order valence-electron chi connectivity index (χ3n) is 7.02. The number of rotatable bonds is 6. The molecule has 1 aliphatic heterocycles. The van der Waals surface area contributed by atoms with Gasteiger partial charge in [0.15, 0.2) is 5.82 Å². The molecule has 0 amide bonds. The van der Waals surface area contributed by atoms with E-state index in [0.717, 1.165) is 84.7 Å². The van der Waals surface area contributed by atoms with Gasteiger partial charge in [-0.3, -0.25) is 9.88 Å². The average Bonchev–Trinajstić information content (AvgIpc) is 3.50. The first-order valence-corrected chi connectivity index (χ1v) is 13.0. The molecule has 0 N–H and O–H groups in total. The molecule has 0 unspecified atom stereocenters. The van der Waals surface area contributed by atoms with E-state index in [1.54, 1.807) is 20.4 Å². The summed E-state index contributed by atoms with van der Waals surface area (Å²) in [5.41, 5.74) is 3.59. The van der Waals surface area contributed by atoms with Crippen LogP contribution in [0.5, 0.6) is 11.5 Å². The maximum atomic E-state index is 5.60. The molecule has 35 heavy (non-hydrogen) atoms. The van der Waals surface area contributed by atoms with E-state index in [0.29, 0.717) is 0 Å². The molecule has 1 aliphatic carbocycles. The van der Waals surface area contributed by atoms with Gasteiger partial charge < -0.3 is 14.4 Å². The summed E-state index contributed by atoms with van der Waals surface area (Å²) < 4.78 is 11.0. The largest absolute Gasteiger partial charge is 0.497 e. The second-order valence-electron chi connectivity index (χ2n) is 9.09.